The van der Waals surface area contributed by atoms with E-state index in [2.05, 4.69) is 16.0 Å². The highest BCUT2D eigenvalue weighted by molar-refractivity contribution is 6.06. The van der Waals surface area contributed by atoms with E-state index in [1.807, 2.05) is 26.0 Å². The van der Waals surface area contributed by atoms with Crippen LogP contribution in [0.1, 0.15) is 37.0 Å². The van der Waals surface area contributed by atoms with Gasteiger partial charge in [0.05, 0.1) is 0 Å². The number of amides is 4. The fraction of sp³-hybridized carbons (Fsp3) is 0.286. The predicted molar refractivity (Wildman–Crippen MR) is 110 cm³/mol. The molecule has 0 radical (unpaired) electrons. The SMILES string of the molecule is CC(C)NC(=O)Nc1cccc(C(=O)Nc2cccc(N3CCCC3=O)c2)c1. The maximum atomic E-state index is 12.6. The van der Waals surface area contributed by atoms with Crippen molar-refractivity contribution in [3.63, 3.8) is 0 Å². The van der Waals surface area contributed by atoms with Gasteiger partial charge in [0.15, 0.2) is 0 Å². The second kappa shape index (κ2) is 8.56. The van der Waals surface area contributed by atoms with Gasteiger partial charge >= 0.3 is 6.03 Å². The standard InChI is InChI=1S/C21H24N4O3/c1-14(2)22-21(28)24-16-7-3-6-15(12-16)20(27)23-17-8-4-9-18(13-17)25-11-5-10-19(25)26/h3-4,6-9,12-14H,5,10-11H2,1-2H3,(H,23,27)(H2,22,24,28). The van der Waals surface area contributed by atoms with E-state index < -0.39 is 0 Å². The van der Waals surface area contributed by atoms with Crippen molar-refractivity contribution in [3.8, 4) is 0 Å². The number of carbonyl (C=O) groups excluding carboxylic acids is 3. The van der Waals surface area contributed by atoms with Crippen LogP contribution in [0, 0.1) is 0 Å². The normalized spacial score (nSPS) is 13.5. The molecule has 1 fully saturated rings. The summed E-state index contributed by atoms with van der Waals surface area (Å²) in [6.45, 7) is 4.43. The van der Waals surface area contributed by atoms with Crippen LogP contribution in [0.5, 0.6) is 0 Å². The molecule has 0 bridgehead atoms. The summed E-state index contributed by atoms with van der Waals surface area (Å²) in [7, 11) is 0. The van der Waals surface area contributed by atoms with Gasteiger partial charge in [0.2, 0.25) is 5.91 Å². The zero-order chi connectivity index (χ0) is 20.1. The highest BCUT2D eigenvalue weighted by Crippen LogP contribution is 2.24. The second-order valence-electron chi connectivity index (χ2n) is 6.99. The van der Waals surface area contributed by atoms with Gasteiger partial charge < -0.3 is 20.9 Å². The fourth-order valence-electron chi connectivity index (χ4n) is 3.04. The average Bonchev–Trinajstić information content (AvgIpc) is 3.07. The molecule has 1 heterocycles. The Morgan fingerprint density at radius 3 is 2.39 bits per heavy atom. The number of carbonyl (C=O) groups is 3. The number of urea groups is 1. The van der Waals surface area contributed by atoms with Gasteiger partial charge in [0.1, 0.15) is 0 Å². The van der Waals surface area contributed by atoms with Crippen LogP contribution in [-0.2, 0) is 4.79 Å². The van der Waals surface area contributed by atoms with Gasteiger partial charge in [0.25, 0.3) is 5.91 Å². The quantitative estimate of drug-likeness (QED) is 0.740. The van der Waals surface area contributed by atoms with Crippen molar-refractivity contribution in [3.05, 3.63) is 54.1 Å². The van der Waals surface area contributed by atoms with Crippen LogP contribution >= 0.6 is 0 Å². The van der Waals surface area contributed by atoms with Crippen LogP contribution in [0.3, 0.4) is 0 Å². The number of anilines is 3. The summed E-state index contributed by atoms with van der Waals surface area (Å²) in [4.78, 5) is 38.1. The van der Waals surface area contributed by atoms with Gasteiger partial charge in [-0.2, -0.15) is 0 Å². The highest BCUT2D eigenvalue weighted by Gasteiger charge is 2.21. The van der Waals surface area contributed by atoms with Crippen molar-refractivity contribution in [1.29, 1.82) is 0 Å². The second-order valence-corrected chi connectivity index (χ2v) is 6.99. The zero-order valence-corrected chi connectivity index (χ0v) is 16.0. The Hall–Kier alpha value is -3.35. The molecule has 0 aliphatic carbocycles. The Labute approximate surface area is 164 Å². The number of nitrogens with zero attached hydrogens (tertiary/aromatic N) is 1. The van der Waals surface area contributed by atoms with Crippen molar-refractivity contribution >= 4 is 34.9 Å². The summed E-state index contributed by atoms with van der Waals surface area (Å²) in [6.07, 6.45) is 1.40. The maximum Gasteiger partial charge on any atom is 0.319 e. The molecule has 7 heteroatoms. The minimum absolute atomic E-state index is 0.0150. The molecule has 28 heavy (non-hydrogen) atoms. The first-order chi connectivity index (χ1) is 13.4. The molecule has 1 aliphatic heterocycles. The Kier molecular flexibility index (Phi) is 5.93. The topological polar surface area (TPSA) is 90.5 Å². The molecule has 0 saturated carbocycles. The largest absolute Gasteiger partial charge is 0.336 e. The van der Waals surface area contributed by atoms with E-state index in [1.54, 1.807) is 41.3 Å². The summed E-state index contributed by atoms with van der Waals surface area (Å²) in [5, 5.41) is 8.29. The number of hydrogen-bond acceptors (Lipinski definition) is 3. The molecule has 7 nitrogen and oxygen atoms in total. The van der Waals surface area contributed by atoms with Gasteiger partial charge in [0, 0.05) is 41.6 Å². The van der Waals surface area contributed by atoms with Crippen LogP contribution < -0.4 is 20.9 Å². The minimum atomic E-state index is -0.324. The molecular formula is C21H24N4O3. The van der Waals surface area contributed by atoms with Crippen molar-refractivity contribution in [1.82, 2.24) is 5.32 Å². The van der Waals surface area contributed by atoms with Gasteiger partial charge in [-0.05, 0) is 56.7 Å². The molecule has 1 saturated heterocycles. The molecular weight excluding hydrogens is 356 g/mol. The van der Waals surface area contributed by atoms with E-state index in [1.165, 1.54) is 0 Å². The number of benzene rings is 2. The van der Waals surface area contributed by atoms with Crippen LogP contribution in [0.15, 0.2) is 48.5 Å². The minimum Gasteiger partial charge on any atom is -0.336 e. The first-order valence-electron chi connectivity index (χ1n) is 9.32. The molecule has 4 amide bonds. The lowest BCUT2D eigenvalue weighted by molar-refractivity contribution is -0.117. The van der Waals surface area contributed by atoms with Crippen molar-refractivity contribution in [2.24, 2.45) is 0 Å². The van der Waals surface area contributed by atoms with E-state index in [9.17, 15) is 14.4 Å². The van der Waals surface area contributed by atoms with E-state index in [4.69, 9.17) is 0 Å². The third kappa shape index (κ3) is 4.88. The number of hydrogen-bond donors (Lipinski definition) is 3. The van der Waals surface area contributed by atoms with E-state index >= 15 is 0 Å². The Morgan fingerprint density at radius 1 is 1.00 bits per heavy atom. The Morgan fingerprint density at radius 2 is 1.71 bits per heavy atom. The van der Waals surface area contributed by atoms with Crippen molar-refractivity contribution < 1.29 is 14.4 Å². The number of rotatable bonds is 5. The first-order valence-corrected chi connectivity index (χ1v) is 9.32. The molecule has 0 spiro atoms. The van der Waals surface area contributed by atoms with Gasteiger partial charge in [-0.3, -0.25) is 9.59 Å². The number of nitrogens with one attached hydrogen (secondary N) is 3. The predicted octanol–water partition coefficient (Wildman–Crippen LogP) is 3.60. The van der Waals surface area contributed by atoms with Crippen molar-refractivity contribution in [2.75, 3.05) is 22.1 Å². The molecule has 3 N–H and O–H groups in total. The molecule has 0 atom stereocenters. The maximum absolute atomic E-state index is 12.6. The lowest BCUT2D eigenvalue weighted by atomic mass is 10.1. The molecule has 3 rings (SSSR count). The van der Waals surface area contributed by atoms with E-state index in [0.29, 0.717) is 29.9 Å². The first kappa shape index (κ1) is 19.4. The molecule has 0 aromatic heterocycles. The lowest BCUT2D eigenvalue weighted by Crippen LogP contribution is -2.34. The van der Waals surface area contributed by atoms with Gasteiger partial charge in [-0.25, -0.2) is 4.79 Å². The molecule has 0 unspecified atom stereocenters. The molecule has 146 valence electrons. The molecule has 2 aromatic carbocycles. The summed E-state index contributed by atoms with van der Waals surface area (Å²) >= 11 is 0. The van der Waals surface area contributed by atoms with Crippen molar-refractivity contribution in [2.45, 2.75) is 32.7 Å². The molecule has 1 aliphatic rings. The summed E-state index contributed by atoms with van der Waals surface area (Å²) in [5.74, 6) is -0.195. The van der Waals surface area contributed by atoms with Crippen LogP contribution in [0.4, 0.5) is 21.9 Å². The van der Waals surface area contributed by atoms with Crippen LogP contribution in [-0.4, -0.2) is 30.4 Å². The zero-order valence-electron chi connectivity index (χ0n) is 16.0. The van der Waals surface area contributed by atoms with Gasteiger partial charge in [-0.1, -0.05) is 12.1 Å². The average molecular weight is 380 g/mol. The lowest BCUT2D eigenvalue weighted by Gasteiger charge is -2.17. The monoisotopic (exact) mass is 380 g/mol. The smallest absolute Gasteiger partial charge is 0.319 e. The van der Waals surface area contributed by atoms with Crippen LogP contribution in [0.25, 0.3) is 0 Å². The highest BCUT2D eigenvalue weighted by atomic mass is 16.2. The van der Waals surface area contributed by atoms with Crippen LogP contribution in [0.2, 0.25) is 0 Å². The summed E-state index contributed by atoms with van der Waals surface area (Å²) < 4.78 is 0. The third-order valence-corrected chi connectivity index (χ3v) is 4.29. The Balaban J connectivity index is 1.69. The van der Waals surface area contributed by atoms with Gasteiger partial charge in [-0.15, -0.1) is 0 Å². The summed E-state index contributed by atoms with van der Waals surface area (Å²) in [5.41, 5.74) is 2.34. The third-order valence-electron chi connectivity index (χ3n) is 4.29. The molecule has 2 aromatic rings. The van der Waals surface area contributed by atoms with E-state index in [-0.39, 0.29) is 23.9 Å². The summed E-state index contributed by atoms with van der Waals surface area (Å²) in [6, 6.07) is 13.6. The van der Waals surface area contributed by atoms with E-state index in [0.717, 1.165) is 12.1 Å². The fourth-order valence-corrected chi connectivity index (χ4v) is 3.04. The Bertz CT molecular complexity index is 895.